The fourth-order valence-electron chi connectivity index (χ4n) is 5.48. The second-order valence-electron chi connectivity index (χ2n) is 7.37. The molecule has 4 aliphatic carbocycles. The first-order valence-electron chi connectivity index (χ1n) is 8.06. The van der Waals surface area contributed by atoms with E-state index in [0.717, 1.165) is 32.1 Å². The molecule has 20 heavy (non-hydrogen) atoms. The molecule has 2 heteroatoms. The molecule has 0 heterocycles. The molecule has 2 nitrogen and oxygen atoms in total. The third kappa shape index (κ3) is 1.57. The number of Topliss-reactive ketones (excluding diaryl/α,β-unsaturated/α-hetero) is 1. The lowest BCUT2D eigenvalue weighted by atomic mass is 9.55. The van der Waals surface area contributed by atoms with Crippen LogP contribution in [-0.4, -0.2) is 11.6 Å². The minimum atomic E-state index is -0.0343. The highest BCUT2D eigenvalue weighted by Crippen LogP contribution is 2.59. The zero-order chi connectivity index (χ0) is 13.9. The molecule has 0 aliphatic heterocycles. The first-order valence-corrected chi connectivity index (χ1v) is 8.06. The Morgan fingerprint density at radius 2 is 1.95 bits per heavy atom. The summed E-state index contributed by atoms with van der Waals surface area (Å²) in [6.45, 7) is 2.22. The van der Waals surface area contributed by atoms with Gasteiger partial charge in [-0.05, 0) is 61.5 Å². The van der Waals surface area contributed by atoms with Gasteiger partial charge in [-0.25, -0.2) is 0 Å². The Hall–Kier alpha value is -1.18. The van der Waals surface area contributed by atoms with E-state index < -0.39 is 0 Å². The van der Waals surface area contributed by atoms with E-state index >= 15 is 0 Å². The number of rotatable bonds is 0. The highest BCUT2D eigenvalue weighted by molar-refractivity contribution is 5.93. The van der Waals surface area contributed by atoms with Gasteiger partial charge in [0.1, 0.15) is 5.78 Å². The van der Waals surface area contributed by atoms with E-state index in [2.05, 4.69) is 13.0 Å². The molecular formula is C18H22O2. The van der Waals surface area contributed by atoms with Crippen molar-refractivity contribution in [2.24, 2.45) is 23.2 Å². The molecule has 0 unspecified atom stereocenters. The number of carbonyl (C=O) groups is 2. The van der Waals surface area contributed by atoms with Crippen molar-refractivity contribution in [3.8, 4) is 0 Å². The smallest absolute Gasteiger partial charge is 0.159 e. The molecule has 0 amide bonds. The SMILES string of the molecule is C[C@]12CC[C@H]3C4=C(CC[C@@H]3[C@@H]1CCC2=O)CC(=O)C=C4. The number of fused-ring (bicyclic) bond motifs is 4. The fraction of sp³-hybridized carbons (Fsp3) is 0.667. The Bertz CT molecular complexity index is 554. The van der Waals surface area contributed by atoms with Crippen LogP contribution in [0.2, 0.25) is 0 Å². The highest BCUT2D eigenvalue weighted by atomic mass is 16.1. The predicted octanol–water partition coefficient (Wildman–Crippen LogP) is 3.62. The van der Waals surface area contributed by atoms with Gasteiger partial charge in [0.25, 0.3) is 0 Å². The van der Waals surface area contributed by atoms with E-state index in [1.54, 1.807) is 6.08 Å². The van der Waals surface area contributed by atoms with E-state index in [-0.39, 0.29) is 11.2 Å². The molecule has 0 spiro atoms. The Kier molecular flexibility index (Phi) is 2.61. The molecule has 0 aromatic rings. The van der Waals surface area contributed by atoms with Crippen molar-refractivity contribution >= 4 is 11.6 Å². The molecule has 0 saturated heterocycles. The van der Waals surface area contributed by atoms with Crippen molar-refractivity contribution in [2.75, 3.05) is 0 Å². The Morgan fingerprint density at radius 3 is 2.80 bits per heavy atom. The molecular weight excluding hydrogens is 248 g/mol. The van der Waals surface area contributed by atoms with Gasteiger partial charge in [-0.1, -0.05) is 18.6 Å². The molecule has 0 N–H and O–H groups in total. The van der Waals surface area contributed by atoms with Crippen molar-refractivity contribution in [3.63, 3.8) is 0 Å². The first-order chi connectivity index (χ1) is 9.59. The van der Waals surface area contributed by atoms with Crippen molar-refractivity contribution in [1.82, 2.24) is 0 Å². The van der Waals surface area contributed by atoms with Crippen LogP contribution in [0.15, 0.2) is 23.3 Å². The van der Waals surface area contributed by atoms with E-state index in [1.165, 1.54) is 17.6 Å². The quantitative estimate of drug-likeness (QED) is 0.673. The normalized spacial score (nSPS) is 43.4. The van der Waals surface area contributed by atoms with Gasteiger partial charge in [0.2, 0.25) is 0 Å². The van der Waals surface area contributed by atoms with Crippen LogP contribution in [0.3, 0.4) is 0 Å². The topological polar surface area (TPSA) is 34.1 Å². The zero-order valence-electron chi connectivity index (χ0n) is 12.2. The summed E-state index contributed by atoms with van der Waals surface area (Å²) in [5.41, 5.74) is 2.82. The van der Waals surface area contributed by atoms with Gasteiger partial charge in [-0.2, -0.15) is 0 Å². The largest absolute Gasteiger partial charge is 0.299 e. The molecule has 0 radical (unpaired) electrons. The summed E-state index contributed by atoms with van der Waals surface area (Å²) in [6, 6.07) is 0. The number of allylic oxidation sites excluding steroid dienone is 4. The van der Waals surface area contributed by atoms with E-state index in [0.29, 0.717) is 30.0 Å². The standard InChI is InChI=1S/C18H22O2/c1-18-9-8-14-13-5-3-12(19)10-11(13)2-4-15(14)16(18)6-7-17(18)20/h3,5,14-16H,2,4,6-10H2,1H3/t14-,15-,16-,18-/m0/s1. The van der Waals surface area contributed by atoms with Crippen LogP contribution in [0.4, 0.5) is 0 Å². The maximum Gasteiger partial charge on any atom is 0.159 e. The van der Waals surface area contributed by atoms with Gasteiger partial charge in [0.15, 0.2) is 5.78 Å². The highest BCUT2D eigenvalue weighted by Gasteiger charge is 2.54. The van der Waals surface area contributed by atoms with Crippen molar-refractivity contribution in [1.29, 1.82) is 0 Å². The van der Waals surface area contributed by atoms with E-state index in [4.69, 9.17) is 0 Å². The maximum absolute atomic E-state index is 12.3. The summed E-state index contributed by atoms with van der Waals surface area (Å²) in [6.07, 6.45) is 10.9. The van der Waals surface area contributed by atoms with Gasteiger partial charge in [0, 0.05) is 18.3 Å². The minimum Gasteiger partial charge on any atom is -0.299 e. The van der Waals surface area contributed by atoms with Crippen LogP contribution >= 0.6 is 0 Å². The second kappa shape index (κ2) is 4.16. The molecule has 0 bridgehead atoms. The van der Waals surface area contributed by atoms with Crippen LogP contribution in [0, 0.1) is 23.2 Å². The van der Waals surface area contributed by atoms with Gasteiger partial charge in [0.05, 0.1) is 0 Å². The second-order valence-corrected chi connectivity index (χ2v) is 7.37. The number of ketones is 2. The number of carbonyl (C=O) groups excluding carboxylic acids is 2. The Balaban J connectivity index is 1.69. The average Bonchev–Trinajstić information content (AvgIpc) is 2.74. The number of hydrogen-bond donors (Lipinski definition) is 0. The van der Waals surface area contributed by atoms with Crippen LogP contribution in [0.25, 0.3) is 0 Å². The molecule has 4 atom stereocenters. The molecule has 0 aromatic heterocycles. The summed E-state index contributed by atoms with van der Waals surface area (Å²) < 4.78 is 0. The zero-order valence-corrected chi connectivity index (χ0v) is 12.2. The molecule has 0 aromatic carbocycles. The summed E-state index contributed by atoms with van der Waals surface area (Å²) in [5, 5.41) is 0. The molecule has 4 rings (SSSR count). The summed E-state index contributed by atoms with van der Waals surface area (Å²) in [5.74, 6) is 2.66. The third-order valence-electron chi connectivity index (χ3n) is 6.57. The summed E-state index contributed by atoms with van der Waals surface area (Å²) >= 11 is 0. The first kappa shape index (κ1) is 12.6. The average molecular weight is 270 g/mol. The summed E-state index contributed by atoms with van der Waals surface area (Å²) in [7, 11) is 0. The Morgan fingerprint density at radius 1 is 1.10 bits per heavy atom. The number of hydrogen-bond acceptors (Lipinski definition) is 2. The van der Waals surface area contributed by atoms with E-state index in [1.807, 2.05) is 0 Å². The van der Waals surface area contributed by atoms with Crippen LogP contribution in [-0.2, 0) is 9.59 Å². The van der Waals surface area contributed by atoms with Crippen LogP contribution < -0.4 is 0 Å². The lowest BCUT2D eigenvalue weighted by Gasteiger charge is -2.49. The van der Waals surface area contributed by atoms with Crippen LogP contribution in [0.5, 0.6) is 0 Å². The van der Waals surface area contributed by atoms with Crippen molar-refractivity contribution < 1.29 is 9.59 Å². The summed E-state index contributed by atoms with van der Waals surface area (Å²) in [4.78, 5) is 23.8. The molecule has 4 aliphatic rings. The molecule has 2 fully saturated rings. The molecule has 2 saturated carbocycles. The van der Waals surface area contributed by atoms with Crippen molar-refractivity contribution in [2.45, 2.75) is 51.9 Å². The lowest BCUT2D eigenvalue weighted by molar-refractivity contribution is -0.129. The van der Waals surface area contributed by atoms with E-state index in [9.17, 15) is 9.59 Å². The fourth-order valence-corrected chi connectivity index (χ4v) is 5.48. The van der Waals surface area contributed by atoms with Gasteiger partial charge >= 0.3 is 0 Å². The maximum atomic E-state index is 12.3. The Labute approximate surface area is 120 Å². The van der Waals surface area contributed by atoms with Gasteiger partial charge < -0.3 is 0 Å². The molecule has 106 valence electrons. The van der Waals surface area contributed by atoms with Gasteiger partial charge in [-0.15, -0.1) is 0 Å². The minimum absolute atomic E-state index is 0.0343. The van der Waals surface area contributed by atoms with Crippen LogP contribution in [0.1, 0.15) is 51.9 Å². The van der Waals surface area contributed by atoms with Crippen molar-refractivity contribution in [3.05, 3.63) is 23.3 Å². The predicted molar refractivity (Wildman–Crippen MR) is 77.1 cm³/mol. The monoisotopic (exact) mass is 270 g/mol. The third-order valence-corrected chi connectivity index (χ3v) is 6.57. The van der Waals surface area contributed by atoms with Gasteiger partial charge in [-0.3, -0.25) is 9.59 Å². The lowest BCUT2D eigenvalue weighted by Crippen LogP contribution is -2.43.